The number of guanidine groups is 1. The molecule has 0 spiro atoms. The first-order chi connectivity index (χ1) is 12.3. The van der Waals surface area contributed by atoms with Gasteiger partial charge in [-0.1, -0.05) is 30.3 Å². The predicted octanol–water partition coefficient (Wildman–Crippen LogP) is 3.38. The van der Waals surface area contributed by atoms with Crippen molar-refractivity contribution < 1.29 is 0 Å². The quantitative estimate of drug-likeness (QED) is 0.366. The second-order valence-corrected chi connectivity index (χ2v) is 8.10. The highest BCUT2D eigenvalue weighted by Crippen LogP contribution is 2.48. The molecule has 3 aliphatic rings. The predicted molar refractivity (Wildman–Crippen MR) is 119 cm³/mol. The summed E-state index contributed by atoms with van der Waals surface area (Å²) in [5, 5.41) is 7.04. The van der Waals surface area contributed by atoms with Gasteiger partial charge in [-0.3, -0.25) is 4.99 Å². The molecule has 2 N–H and O–H groups in total. The van der Waals surface area contributed by atoms with Gasteiger partial charge in [0.2, 0.25) is 0 Å². The molecule has 4 rings (SSSR count). The van der Waals surface area contributed by atoms with E-state index in [0.29, 0.717) is 5.41 Å². The lowest BCUT2D eigenvalue weighted by Crippen LogP contribution is -2.41. The number of aliphatic imine (C=N–C) groups is 1. The second-order valence-electron chi connectivity index (χ2n) is 8.10. The lowest BCUT2D eigenvalue weighted by Gasteiger charge is -2.18. The third-order valence-corrected chi connectivity index (χ3v) is 6.06. The molecule has 26 heavy (non-hydrogen) atoms. The van der Waals surface area contributed by atoms with Gasteiger partial charge in [-0.05, 0) is 57.1 Å². The first-order valence-corrected chi connectivity index (χ1v) is 10.1. The van der Waals surface area contributed by atoms with Crippen LogP contribution >= 0.6 is 24.0 Å². The molecule has 1 aromatic carbocycles. The molecular formula is C21H33IN4. The summed E-state index contributed by atoms with van der Waals surface area (Å²) >= 11 is 0. The summed E-state index contributed by atoms with van der Waals surface area (Å²) in [5.41, 5.74) is 1.74. The minimum atomic E-state index is 0. The zero-order chi connectivity index (χ0) is 17.1. The number of likely N-dealkylation sites (tertiary alicyclic amines) is 1. The normalized spacial score (nSPS) is 24.8. The van der Waals surface area contributed by atoms with Crippen LogP contribution < -0.4 is 10.6 Å². The molecule has 0 amide bonds. The molecule has 0 radical (unpaired) electrons. The third kappa shape index (κ3) is 4.91. The Hall–Kier alpha value is -0.820. The largest absolute Gasteiger partial charge is 0.357 e. The van der Waals surface area contributed by atoms with E-state index < -0.39 is 0 Å². The Morgan fingerprint density at radius 3 is 2.58 bits per heavy atom. The van der Waals surface area contributed by atoms with Crippen LogP contribution in [0.5, 0.6) is 0 Å². The third-order valence-electron chi connectivity index (χ3n) is 6.06. The molecule has 1 aromatic rings. The minimum absolute atomic E-state index is 0. The molecule has 2 saturated carbocycles. The summed E-state index contributed by atoms with van der Waals surface area (Å²) in [7, 11) is 0. The summed E-state index contributed by atoms with van der Waals surface area (Å²) in [6.07, 6.45) is 6.70. The van der Waals surface area contributed by atoms with Gasteiger partial charge in [0.15, 0.2) is 5.96 Å². The van der Waals surface area contributed by atoms with Crippen molar-refractivity contribution in [3.8, 4) is 0 Å². The zero-order valence-corrected chi connectivity index (χ0v) is 18.2. The van der Waals surface area contributed by atoms with Crippen LogP contribution in [0.4, 0.5) is 0 Å². The Kier molecular flexibility index (Phi) is 6.83. The molecule has 0 aromatic heterocycles. The first-order valence-electron chi connectivity index (χ1n) is 10.1. The van der Waals surface area contributed by atoms with Crippen molar-refractivity contribution in [3.63, 3.8) is 0 Å². The van der Waals surface area contributed by atoms with Crippen LogP contribution in [-0.2, 0) is 5.41 Å². The standard InChI is InChI=1S/C21H32N4.HI/c1-2-22-20(23-14-17-10-13-25(15-17)19-8-9-19)24-16-21(11-12-21)18-6-4-3-5-7-18;/h3-7,17,19H,2,8-16H2,1H3,(H2,22,23,24);1H. The Balaban J connectivity index is 0.00000196. The lowest BCUT2D eigenvalue weighted by atomic mass is 9.96. The maximum Gasteiger partial charge on any atom is 0.191 e. The molecule has 2 aliphatic carbocycles. The summed E-state index contributed by atoms with van der Waals surface area (Å²) in [5.74, 6) is 1.77. The van der Waals surface area contributed by atoms with Crippen molar-refractivity contribution in [3.05, 3.63) is 35.9 Å². The van der Waals surface area contributed by atoms with Gasteiger partial charge in [0.25, 0.3) is 0 Å². The fourth-order valence-electron chi connectivity index (χ4n) is 4.09. The fraction of sp³-hybridized carbons (Fsp3) is 0.667. The highest BCUT2D eigenvalue weighted by atomic mass is 127. The Labute approximate surface area is 175 Å². The van der Waals surface area contributed by atoms with E-state index in [-0.39, 0.29) is 24.0 Å². The lowest BCUT2D eigenvalue weighted by molar-refractivity contribution is 0.314. The Morgan fingerprint density at radius 2 is 1.92 bits per heavy atom. The number of halogens is 1. The van der Waals surface area contributed by atoms with Crippen molar-refractivity contribution in [2.24, 2.45) is 10.9 Å². The van der Waals surface area contributed by atoms with Gasteiger partial charge >= 0.3 is 0 Å². The number of rotatable bonds is 7. The van der Waals surface area contributed by atoms with Crippen LogP contribution in [0.1, 0.15) is 44.6 Å². The Morgan fingerprint density at radius 1 is 1.15 bits per heavy atom. The van der Waals surface area contributed by atoms with E-state index in [4.69, 9.17) is 4.99 Å². The zero-order valence-electron chi connectivity index (χ0n) is 15.9. The molecule has 5 heteroatoms. The van der Waals surface area contributed by atoms with Crippen LogP contribution in [-0.4, -0.2) is 49.6 Å². The van der Waals surface area contributed by atoms with Crippen LogP contribution in [0.25, 0.3) is 0 Å². The van der Waals surface area contributed by atoms with E-state index in [0.717, 1.165) is 37.6 Å². The van der Waals surface area contributed by atoms with E-state index in [1.807, 2.05) is 0 Å². The topological polar surface area (TPSA) is 39.7 Å². The molecule has 4 nitrogen and oxygen atoms in total. The number of benzene rings is 1. The SMILES string of the molecule is CCNC(=NCC1(c2ccccc2)CC1)NCC1CCN(C2CC2)C1.I. The Bertz CT molecular complexity index is 595. The highest BCUT2D eigenvalue weighted by molar-refractivity contribution is 14.0. The molecule has 1 unspecified atom stereocenters. The maximum absolute atomic E-state index is 4.93. The van der Waals surface area contributed by atoms with Crippen LogP contribution in [0.2, 0.25) is 0 Å². The summed E-state index contributed by atoms with van der Waals surface area (Å²) in [4.78, 5) is 7.62. The fourth-order valence-corrected chi connectivity index (χ4v) is 4.09. The van der Waals surface area contributed by atoms with Crippen molar-refractivity contribution >= 4 is 29.9 Å². The van der Waals surface area contributed by atoms with Gasteiger partial charge in [-0.2, -0.15) is 0 Å². The number of nitrogens with zero attached hydrogens (tertiary/aromatic N) is 2. The van der Waals surface area contributed by atoms with E-state index in [1.165, 1.54) is 50.8 Å². The average Bonchev–Trinajstić information content (AvgIpc) is 3.58. The highest BCUT2D eigenvalue weighted by Gasteiger charge is 2.44. The van der Waals surface area contributed by atoms with Crippen LogP contribution in [0, 0.1) is 5.92 Å². The molecule has 1 saturated heterocycles. The molecule has 1 atom stereocenters. The van der Waals surface area contributed by atoms with Crippen molar-refractivity contribution in [2.45, 2.75) is 50.5 Å². The number of hydrogen-bond donors (Lipinski definition) is 2. The van der Waals surface area contributed by atoms with Crippen molar-refractivity contribution in [1.29, 1.82) is 0 Å². The molecule has 1 aliphatic heterocycles. The van der Waals surface area contributed by atoms with E-state index in [2.05, 4.69) is 52.8 Å². The van der Waals surface area contributed by atoms with E-state index in [9.17, 15) is 0 Å². The van der Waals surface area contributed by atoms with Crippen molar-refractivity contribution in [1.82, 2.24) is 15.5 Å². The number of nitrogens with one attached hydrogen (secondary N) is 2. The summed E-state index contributed by atoms with van der Waals surface area (Å²) in [6.45, 7) is 7.57. The summed E-state index contributed by atoms with van der Waals surface area (Å²) < 4.78 is 0. The smallest absolute Gasteiger partial charge is 0.191 e. The first kappa shape index (κ1) is 19.9. The number of hydrogen-bond acceptors (Lipinski definition) is 2. The molecule has 0 bridgehead atoms. The second kappa shape index (κ2) is 8.91. The minimum Gasteiger partial charge on any atom is -0.357 e. The molecular weight excluding hydrogens is 435 g/mol. The van der Waals surface area contributed by atoms with Crippen LogP contribution in [0.3, 0.4) is 0 Å². The maximum atomic E-state index is 4.93. The van der Waals surface area contributed by atoms with E-state index in [1.54, 1.807) is 0 Å². The van der Waals surface area contributed by atoms with Gasteiger partial charge in [0, 0.05) is 31.1 Å². The van der Waals surface area contributed by atoms with Gasteiger partial charge in [0.1, 0.15) is 0 Å². The summed E-state index contributed by atoms with van der Waals surface area (Å²) in [6, 6.07) is 11.8. The molecule has 144 valence electrons. The van der Waals surface area contributed by atoms with E-state index >= 15 is 0 Å². The van der Waals surface area contributed by atoms with Gasteiger partial charge in [-0.25, -0.2) is 0 Å². The average molecular weight is 468 g/mol. The molecule has 1 heterocycles. The van der Waals surface area contributed by atoms with Gasteiger partial charge in [0.05, 0.1) is 6.54 Å². The molecule has 3 fully saturated rings. The van der Waals surface area contributed by atoms with Gasteiger partial charge in [-0.15, -0.1) is 24.0 Å². The van der Waals surface area contributed by atoms with Gasteiger partial charge < -0.3 is 15.5 Å². The van der Waals surface area contributed by atoms with Crippen LogP contribution in [0.15, 0.2) is 35.3 Å². The monoisotopic (exact) mass is 468 g/mol. The van der Waals surface area contributed by atoms with Crippen molar-refractivity contribution in [2.75, 3.05) is 32.7 Å².